The zero-order chi connectivity index (χ0) is 13.2. The average molecular weight is 272 g/mol. The molecule has 3 heterocycles. The molecule has 4 nitrogen and oxygen atoms in total. The number of rotatable bonds is 4. The van der Waals surface area contributed by atoms with Crippen molar-refractivity contribution >= 4 is 17.0 Å². The van der Waals surface area contributed by atoms with Gasteiger partial charge in [0.15, 0.2) is 5.65 Å². The van der Waals surface area contributed by atoms with Gasteiger partial charge in [-0.1, -0.05) is 6.07 Å². The molecule has 0 amide bonds. The molecule has 3 aromatic rings. The van der Waals surface area contributed by atoms with Crippen molar-refractivity contribution in [2.75, 3.05) is 0 Å². The van der Waals surface area contributed by atoms with Crippen LogP contribution >= 0.6 is 11.3 Å². The molecular weight excluding hydrogens is 256 g/mol. The molecule has 0 saturated heterocycles. The van der Waals surface area contributed by atoms with Crippen molar-refractivity contribution in [1.82, 2.24) is 19.9 Å². The van der Waals surface area contributed by atoms with E-state index in [1.54, 1.807) is 11.3 Å². The number of nitrogens with one attached hydrogen (secondary N) is 1. The average Bonchev–Trinajstić information content (AvgIpc) is 3.03. The molecule has 0 fully saturated rings. The van der Waals surface area contributed by atoms with Crippen LogP contribution in [0.5, 0.6) is 0 Å². The maximum absolute atomic E-state index is 4.41. The van der Waals surface area contributed by atoms with Crippen LogP contribution in [0.15, 0.2) is 36.0 Å². The van der Waals surface area contributed by atoms with Crippen LogP contribution in [0, 0.1) is 6.92 Å². The number of hydrogen-bond donors (Lipinski definition) is 1. The molecule has 98 valence electrons. The van der Waals surface area contributed by atoms with Crippen molar-refractivity contribution in [3.8, 4) is 0 Å². The molecule has 0 aromatic carbocycles. The minimum absolute atomic E-state index is 0.357. The number of thiophene rings is 1. The lowest BCUT2D eigenvalue weighted by Crippen LogP contribution is -2.17. The number of hydrogen-bond acceptors (Lipinski definition) is 4. The van der Waals surface area contributed by atoms with E-state index < -0.39 is 0 Å². The Morgan fingerprint density at radius 3 is 3.16 bits per heavy atom. The van der Waals surface area contributed by atoms with Gasteiger partial charge in [-0.05, 0) is 25.3 Å². The monoisotopic (exact) mass is 272 g/mol. The first-order valence-corrected chi connectivity index (χ1v) is 7.18. The maximum Gasteiger partial charge on any atom is 0.155 e. The second kappa shape index (κ2) is 5.11. The Bertz CT molecular complexity index is 672. The number of aromatic nitrogens is 3. The fraction of sp³-hybridized carbons (Fsp3) is 0.286. The third-order valence-corrected chi connectivity index (χ3v) is 4.13. The van der Waals surface area contributed by atoms with Crippen LogP contribution in [0.2, 0.25) is 0 Å². The lowest BCUT2D eigenvalue weighted by molar-refractivity contribution is 0.580. The summed E-state index contributed by atoms with van der Waals surface area (Å²) in [5, 5.41) is 9.99. The molecule has 5 heteroatoms. The second-order valence-electron chi connectivity index (χ2n) is 4.67. The largest absolute Gasteiger partial charge is 0.305 e. The highest BCUT2D eigenvalue weighted by molar-refractivity contribution is 7.10. The molecule has 1 N–H and O–H groups in total. The Morgan fingerprint density at radius 2 is 2.37 bits per heavy atom. The van der Waals surface area contributed by atoms with E-state index in [1.807, 2.05) is 29.9 Å². The zero-order valence-electron chi connectivity index (χ0n) is 11.0. The van der Waals surface area contributed by atoms with Gasteiger partial charge in [0.25, 0.3) is 0 Å². The minimum atomic E-state index is 0.357. The summed E-state index contributed by atoms with van der Waals surface area (Å²) < 4.78 is 1.84. The first-order chi connectivity index (χ1) is 9.22. The number of nitrogens with zero attached hydrogens (tertiary/aromatic N) is 3. The lowest BCUT2D eigenvalue weighted by atomic mass is 10.2. The van der Waals surface area contributed by atoms with Crippen molar-refractivity contribution in [3.63, 3.8) is 0 Å². The topological polar surface area (TPSA) is 42.2 Å². The molecule has 0 radical (unpaired) electrons. The number of fused-ring (bicyclic) bond motifs is 1. The highest BCUT2D eigenvalue weighted by Gasteiger charge is 2.06. The van der Waals surface area contributed by atoms with E-state index in [0.29, 0.717) is 6.04 Å². The van der Waals surface area contributed by atoms with Crippen LogP contribution in [0.1, 0.15) is 29.1 Å². The highest BCUT2D eigenvalue weighted by Crippen LogP contribution is 2.18. The molecule has 0 aliphatic carbocycles. The predicted molar refractivity (Wildman–Crippen MR) is 77.3 cm³/mol. The van der Waals surface area contributed by atoms with Crippen molar-refractivity contribution in [2.24, 2.45) is 0 Å². The van der Waals surface area contributed by atoms with Crippen LogP contribution in [0.25, 0.3) is 5.65 Å². The highest BCUT2D eigenvalue weighted by atomic mass is 32.1. The van der Waals surface area contributed by atoms with Crippen molar-refractivity contribution < 1.29 is 0 Å². The Labute approximate surface area is 116 Å². The van der Waals surface area contributed by atoms with E-state index in [1.165, 1.54) is 4.88 Å². The van der Waals surface area contributed by atoms with Gasteiger partial charge in [0.2, 0.25) is 0 Å². The molecule has 0 bridgehead atoms. The van der Waals surface area contributed by atoms with Gasteiger partial charge in [0.05, 0.1) is 5.69 Å². The SMILES string of the molecule is Cc1cc2ncc(CN[C@H](C)c3cccs3)cn2n1. The Morgan fingerprint density at radius 1 is 1.47 bits per heavy atom. The van der Waals surface area contributed by atoms with Gasteiger partial charge >= 0.3 is 0 Å². The molecule has 3 rings (SSSR count). The van der Waals surface area contributed by atoms with E-state index >= 15 is 0 Å². The van der Waals surface area contributed by atoms with Gasteiger partial charge in [-0.25, -0.2) is 9.50 Å². The van der Waals surface area contributed by atoms with E-state index in [2.05, 4.69) is 39.8 Å². The summed E-state index contributed by atoms with van der Waals surface area (Å²) in [6.45, 7) is 4.95. The van der Waals surface area contributed by atoms with Crippen LogP contribution < -0.4 is 5.32 Å². The van der Waals surface area contributed by atoms with Gasteiger partial charge in [-0.15, -0.1) is 11.3 Å². The summed E-state index contributed by atoms with van der Waals surface area (Å²) >= 11 is 1.78. The summed E-state index contributed by atoms with van der Waals surface area (Å²) in [4.78, 5) is 5.76. The second-order valence-corrected chi connectivity index (χ2v) is 5.65. The Hall–Kier alpha value is -1.72. The van der Waals surface area contributed by atoms with E-state index in [9.17, 15) is 0 Å². The molecule has 0 saturated carbocycles. The molecule has 1 atom stereocenters. The predicted octanol–water partition coefficient (Wildman–Crippen LogP) is 2.95. The molecule has 19 heavy (non-hydrogen) atoms. The summed E-state index contributed by atoms with van der Waals surface area (Å²) in [6.07, 6.45) is 3.94. The Balaban J connectivity index is 1.71. The standard InChI is InChI=1S/C14H16N4S/c1-10-6-14-16-8-12(9-18(14)17-10)7-15-11(2)13-4-3-5-19-13/h3-6,8-9,11,15H,7H2,1-2H3/t11-/m1/s1. The van der Waals surface area contributed by atoms with Crippen LogP contribution in [-0.4, -0.2) is 14.6 Å². The molecule has 0 aliphatic heterocycles. The quantitative estimate of drug-likeness (QED) is 0.794. The van der Waals surface area contributed by atoms with Crippen LogP contribution in [0.4, 0.5) is 0 Å². The first kappa shape index (κ1) is 12.3. The molecular formula is C14H16N4S. The van der Waals surface area contributed by atoms with Crippen LogP contribution in [-0.2, 0) is 6.54 Å². The van der Waals surface area contributed by atoms with Crippen molar-refractivity contribution in [1.29, 1.82) is 0 Å². The third-order valence-electron chi connectivity index (χ3n) is 3.07. The normalized spacial score (nSPS) is 12.9. The fourth-order valence-corrected chi connectivity index (χ4v) is 2.79. The van der Waals surface area contributed by atoms with Gasteiger partial charge in [0, 0.05) is 41.5 Å². The van der Waals surface area contributed by atoms with Gasteiger partial charge in [-0.3, -0.25) is 0 Å². The smallest absolute Gasteiger partial charge is 0.155 e. The fourth-order valence-electron chi connectivity index (χ4n) is 2.03. The van der Waals surface area contributed by atoms with Gasteiger partial charge in [0.1, 0.15) is 0 Å². The molecule has 0 spiro atoms. The zero-order valence-corrected chi connectivity index (χ0v) is 11.8. The van der Waals surface area contributed by atoms with Gasteiger partial charge < -0.3 is 5.32 Å². The maximum atomic E-state index is 4.41. The van der Waals surface area contributed by atoms with E-state index in [-0.39, 0.29) is 0 Å². The van der Waals surface area contributed by atoms with Gasteiger partial charge in [-0.2, -0.15) is 5.10 Å². The minimum Gasteiger partial charge on any atom is -0.305 e. The van der Waals surface area contributed by atoms with E-state index in [0.717, 1.165) is 23.4 Å². The third kappa shape index (κ3) is 2.67. The summed E-state index contributed by atoms with van der Waals surface area (Å²) in [6, 6.07) is 6.57. The van der Waals surface area contributed by atoms with E-state index in [4.69, 9.17) is 0 Å². The summed E-state index contributed by atoms with van der Waals surface area (Å²) in [7, 11) is 0. The first-order valence-electron chi connectivity index (χ1n) is 6.30. The molecule has 3 aromatic heterocycles. The Kier molecular flexibility index (Phi) is 3.31. The molecule has 0 unspecified atom stereocenters. The molecule has 0 aliphatic rings. The summed E-state index contributed by atoms with van der Waals surface area (Å²) in [5.41, 5.74) is 3.02. The van der Waals surface area contributed by atoms with Crippen LogP contribution in [0.3, 0.4) is 0 Å². The van der Waals surface area contributed by atoms with Crippen molar-refractivity contribution in [2.45, 2.75) is 26.4 Å². The number of aryl methyl sites for hydroxylation is 1. The summed E-state index contributed by atoms with van der Waals surface area (Å²) in [5.74, 6) is 0. The van der Waals surface area contributed by atoms with Crippen molar-refractivity contribution in [3.05, 3.63) is 52.1 Å². The lowest BCUT2D eigenvalue weighted by Gasteiger charge is -2.11.